The first-order valence-corrected chi connectivity index (χ1v) is 10.1. The molecule has 3 aromatic heterocycles. The summed E-state index contributed by atoms with van der Waals surface area (Å²) in [5, 5.41) is 7.05. The van der Waals surface area contributed by atoms with Gasteiger partial charge in [-0.05, 0) is 26.3 Å². The predicted molar refractivity (Wildman–Crippen MR) is 95.4 cm³/mol. The number of aromatic nitrogens is 3. The lowest BCUT2D eigenvalue weighted by atomic mass is 10.1. The zero-order valence-corrected chi connectivity index (χ0v) is 15.2. The van der Waals surface area contributed by atoms with Crippen LogP contribution in [0.25, 0.3) is 22.6 Å². The number of nitrogens with zero attached hydrogens (tertiary/aromatic N) is 3. The molecular weight excluding hydrogens is 356 g/mol. The quantitative estimate of drug-likeness (QED) is 0.742. The topological polar surface area (TPSA) is 111 Å². The maximum absolute atomic E-state index is 11.7. The Kier molecular flexibility index (Phi) is 4.03. The average Bonchev–Trinajstić information content (AvgIpc) is 3.28. The first-order valence-electron chi connectivity index (χ1n) is 8.23. The van der Waals surface area contributed by atoms with Gasteiger partial charge in [0.25, 0.3) is 0 Å². The van der Waals surface area contributed by atoms with Gasteiger partial charge in [-0.3, -0.25) is 0 Å². The number of sulfone groups is 1. The Morgan fingerprint density at radius 3 is 2.73 bits per heavy atom. The van der Waals surface area contributed by atoms with E-state index in [2.05, 4.69) is 20.4 Å². The van der Waals surface area contributed by atoms with Gasteiger partial charge in [0.15, 0.2) is 15.6 Å². The molecule has 1 aliphatic rings. The number of nitrogens with one attached hydrogen (secondary N) is 1. The van der Waals surface area contributed by atoms with E-state index in [1.54, 1.807) is 12.5 Å². The zero-order valence-electron chi connectivity index (χ0n) is 14.4. The Hall–Kier alpha value is -2.68. The summed E-state index contributed by atoms with van der Waals surface area (Å²) in [7, 11) is -2.98. The first kappa shape index (κ1) is 16.8. The second-order valence-electron chi connectivity index (χ2n) is 6.42. The van der Waals surface area contributed by atoms with Crippen LogP contribution in [0.3, 0.4) is 0 Å². The fourth-order valence-corrected chi connectivity index (χ4v) is 4.72. The van der Waals surface area contributed by atoms with Gasteiger partial charge in [0.05, 0.1) is 34.7 Å². The van der Waals surface area contributed by atoms with E-state index in [0.717, 1.165) is 17.0 Å². The summed E-state index contributed by atoms with van der Waals surface area (Å²) in [5.74, 6) is 1.94. The molecule has 26 heavy (non-hydrogen) atoms. The van der Waals surface area contributed by atoms with E-state index in [9.17, 15) is 8.42 Å². The van der Waals surface area contributed by atoms with Crippen molar-refractivity contribution in [2.24, 2.45) is 0 Å². The minimum absolute atomic E-state index is 0.0967. The van der Waals surface area contributed by atoms with Crippen molar-refractivity contribution >= 4 is 15.8 Å². The van der Waals surface area contributed by atoms with Gasteiger partial charge in [-0.25, -0.2) is 18.4 Å². The Balaban J connectivity index is 1.73. The monoisotopic (exact) mass is 374 g/mol. The van der Waals surface area contributed by atoms with E-state index in [1.807, 2.05) is 26.0 Å². The van der Waals surface area contributed by atoms with Crippen LogP contribution in [0.2, 0.25) is 0 Å². The van der Waals surface area contributed by atoms with Gasteiger partial charge in [-0.1, -0.05) is 5.16 Å². The van der Waals surface area contributed by atoms with Crippen LogP contribution in [0, 0.1) is 13.8 Å². The van der Waals surface area contributed by atoms with Gasteiger partial charge in [0.2, 0.25) is 5.95 Å². The second kappa shape index (κ2) is 6.24. The van der Waals surface area contributed by atoms with Crippen LogP contribution >= 0.6 is 0 Å². The largest absolute Gasteiger partial charge is 0.469 e. The summed E-state index contributed by atoms with van der Waals surface area (Å²) >= 11 is 0. The van der Waals surface area contributed by atoms with Gasteiger partial charge >= 0.3 is 0 Å². The Labute approximate surface area is 150 Å². The summed E-state index contributed by atoms with van der Waals surface area (Å²) in [6.45, 7) is 3.69. The van der Waals surface area contributed by atoms with Crippen molar-refractivity contribution < 1.29 is 17.4 Å². The maximum Gasteiger partial charge on any atom is 0.223 e. The molecule has 4 heterocycles. The molecule has 0 aliphatic carbocycles. The molecule has 1 saturated heterocycles. The SMILES string of the molecule is Cc1cc(-c2cnc(NC3CCS(=O)(=O)C3)nc2-c2ccoc2C)on1. The fourth-order valence-electron chi connectivity index (χ4n) is 3.05. The van der Waals surface area contributed by atoms with Crippen LogP contribution in [0.4, 0.5) is 5.95 Å². The summed E-state index contributed by atoms with van der Waals surface area (Å²) in [6.07, 6.45) is 3.80. The van der Waals surface area contributed by atoms with Crippen LogP contribution in [-0.2, 0) is 9.84 Å². The minimum Gasteiger partial charge on any atom is -0.469 e. The molecule has 0 bridgehead atoms. The second-order valence-corrected chi connectivity index (χ2v) is 8.65. The zero-order chi connectivity index (χ0) is 18.3. The van der Waals surface area contributed by atoms with E-state index in [0.29, 0.717) is 29.4 Å². The van der Waals surface area contributed by atoms with Crippen molar-refractivity contribution in [3.8, 4) is 22.6 Å². The molecule has 136 valence electrons. The number of hydrogen-bond acceptors (Lipinski definition) is 8. The lowest BCUT2D eigenvalue weighted by Crippen LogP contribution is -2.22. The maximum atomic E-state index is 11.7. The van der Waals surface area contributed by atoms with Gasteiger partial charge in [-0.15, -0.1) is 0 Å². The first-order chi connectivity index (χ1) is 12.4. The Morgan fingerprint density at radius 2 is 2.12 bits per heavy atom. The van der Waals surface area contributed by atoms with Gasteiger partial charge in [0.1, 0.15) is 5.76 Å². The molecule has 0 radical (unpaired) electrons. The predicted octanol–water partition coefficient (Wildman–Crippen LogP) is 2.61. The minimum atomic E-state index is -2.98. The highest BCUT2D eigenvalue weighted by Gasteiger charge is 2.28. The third-order valence-corrected chi connectivity index (χ3v) is 6.13. The van der Waals surface area contributed by atoms with Crippen molar-refractivity contribution in [3.63, 3.8) is 0 Å². The lowest BCUT2D eigenvalue weighted by Gasteiger charge is -2.13. The molecule has 1 unspecified atom stereocenters. The van der Waals surface area contributed by atoms with E-state index in [1.165, 1.54) is 0 Å². The van der Waals surface area contributed by atoms with Crippen LogP contribution < -0.4 is 5.32 Å². The number of anilines is 1. The third kappa shape index (κ3) is 3.22. The van der Waals surface area contributed by atoms with Gasteiger partial charge in [0, 0.05) is 23.9 Å². The van der Waals surface area contributed by atoms with Gasteiger partial charge in [-0.2, -0.15) is 0 Å². The van der Waals surface area contributed by atoms with Crippen molar-refractivity contribution in [1.29, 1.82) is 0 Å². The number of furan rings is 1. The van der Waals surface area contributed by atoms with E-state index in [4.69, 9.17) is 8.94 Å². The van der Waals surface area contributed by atoms with Crippen molar-refractivity contribution in [2.45, 2.75) is 26.3 Å². The molecule has 4 rings (SSSR count). The Bertz CT molecular complexity index is 1050. The summed E-state index contributed by atoms with van der Waals surface area (Å²) in [4.78, 5) is 8.95. The van der Waals surface area contributed by atoms with Gasteiger partial charge < -0.3 is 14.3 Å². The molecule has 1 N–H and O–H groups in total. The summed E-state index contributed by atoms with van der Waals surface area (Å²) in [6, 6.07) is 3.46. The Morgan fingerprint density at radius 1 is 1.27 bits per heavy atom. The molecule has 0 amide bonds. The smallest absolute Gasteiger partial charge is 0.223 e. The number of aryl methyl sites for hydroxylation is 2. The van der Waals surface area contributed by atoms with Crippen LogP contribution in [0.15, 0.2) is 33.5 Å². The molecule has 0 aromatic carbocycles. The highest BCUT2D eigenvalue weighted by atomic mass is 32.2. The van der Waals surface area contributed by atoms with Crippen molar-refractivity contribution in [3.05, 3.63) is 36.0 Å². The molecule has 0 saturated carbocycles. The lowest BCUT2D eigenvalue weighted by molar-refractivity contribution is 0.427. The summed E-state index contributed by atoms with van der Waals surface area (Å²) in [5.41, 5.74) is 2.91. The van der Waals surface area contributed by atoms with Crippen LogP contribution in [-0.4, -0.2) is 41.1 Å². The highest BCUT2D eigenvalue weighted by molar-refractivity contribution is 7.91. The van der Waals surface area contributed by atoms with E-state index < -0.39 is 9.84 Å². The molecule has 0 spiro atoms. The van der Waals surface area contributed by atoms with Crippen molar-refractivity contribution in [1.82, 2.24) is 15.1 Å². The molecule has 1 fully saturated rings. The number of rotatable bonds is 4. The standard InChI is InChI=1S/C17H18N4O4S/c1-10-7-15(25-21-10)14-8-18-17(19-12-4-6-26(22,23)9-12)20-16(14)13-3-5-24-11(13)2/h3,5,7-8,12H,4,6,9H2,1-2H3,(H,18,19,20). The molecule has 1 aliphatic heterocycles. The molecule has 8 nitrogen and oxygen atoms in total. The van der Waals surface area contributed by atoms with E-state index in [-0.39, 0.29) is 17.5 Å². The highest BCUT2D eigenvalue weighted by Crippen LogP contribution is 2.33. The molecule has 9 heteroatoms. The van der Waals surface area contributed by atoms with Crippen molar-refractivity contribution in [2.75, 3.05) is 16.8 Å². The summed E-state index contributed by atoms with van der Waals surface area (Å²) < 4.78 is 34.1. The number of hydrogen-bond donors (Lipinski definition) is 1. The fraction of sp³-hybridized carbons (Fsp3) is 0.353. The molecule has 1 atom stereocenters. The average molecular weight is 374 g/mol. The third-order valence-electron chi connectivity index (χ3n) is 4.36. The molecule has 3 aromatic rings. The normalized spacial score (nSPS) is 18.9. The van der Waals surface area contributed by atoms with Crippen LogP contribution in [0.1, 0.15) is 17.9 Å². The van der Waals surface area contributed by atoms with E-state index >= 15 is 0 Å². The van der Waals surface area contributed by atoms with Crippen LogP contribution in [0.5, 0.6) is 0 Å². The molecular formula is C17H18N4O4S.